The average molecular weight is 538 g/mol. The van der Waals surface area contributed by atoms with Crippen LogP contribution in [0.3, 0.4) is 0 Å². The van der Waals surface area contributed by atoms with Gasteiger partial charge < -0.3 is 36.3 Å². The Kier molecular flexibility index (Phi) is 8.65. The number of para-hydroxylation sites is 1. The normalized spacial score (nSPS) is 17.6. The highest BCUT2D eigenvalue weighted by Gasteiger charge is 2.38. The van der Waals surface area contributed by atoms with Crippen molar-refractivity contribution in [1.82, 2.24) is 30.5 Å². The number of aromatic amines is 2. The number of imidazole rings is 1. The molecule has 1 aromatic carbocycles. The summed E-state index contributed by atoms with van der Waals surface area (Å²) in [4.78, 5) is 62.8. The van der Waals surface area contributed by atoms with Gasteiger partial charge in [-0.05, 0) is 36.8 Å². The first-order valence-corrected chi connectivity index (χ1v) is 13.1. The highest BCUT2D eigenvalue weighted by atomic mass is 16.4. The van der Waals surface area contributed by atoms with Crippen LogP contribution in [0.5, 0.6) is 0 Å². The molecule has 39 heavy (non-hydrogen) atoms. The minimum atomic E-state index is -1.21. The van der Waals surface area contributed by atoms with Crippen molar-refractivity contribution >= 4 is 34.6 Å². The van der Waals surface area contributed by atoms with Crippen molar-refractivity contribution in [2.75, 3.05) is 6.54 Å². The van der Waals surface area contributed by atoms with E-state index < -0.39 is 42.0 Å². The number of rotatable bonds is 11. The lowest BCUT2D eigenvalue weighted by molar-refractivity contribution is -0.143. The van der Waals surface area contributed by atoms with E-state index in [2.05, 4.69) is 25.6 Å². The summed E-state index contributed by atoms with van der Waals surface area (Å²) in [5, 5.41) is 15.9. The van der Waals surface area contributed by atoms with Gasteiger partial charge in [0.1, 0.15) is 18.1 Å². The van der Waals surface area contributed by atoms with Gasteiger partial charge in [-0.2, -0.15) is 0 Å². The Morgan fingerprint density at radius 1 is 1.15 bits per heavy atom. The summed E-state index contributed by atoms with van der Waals surface area (Å²) in [5.74, 6) is -2.94. The SMILES string of the molecule is CC(C)C(NC(=O)C1CCCN1C(=O)C(N)Cc1c[nH]c2ccccc12)C(=O)NC(Cc1cnc[nH]1)C(=O)O. The van der Waals surface area contributed by atoms with Crippen molar-refractivity contribution in [1.29, 1.82) is 0 Å². The summed E-state index contributed by atoms with van der Waals surface area (Å²) in [5.41, 5.74) is 8.75. The molecular formula is C27H35N7O5. The summed E-state index contributed by atoms with van der Waals surface area (Å²) < 4.78 is 0. The van der Waals surface area contributed by atoms with Crippen LogP contribution >= 0.6 is 0 Å². The van der Waals surface area contributed by atoms with Crippen molar-refractivity contribution < 1.29 is 24.3 Å². The molecule has 1 aliphatic rings. The molecule has 4 unspecified atom stereocenters. The van der Waals surface area contributed by atoms with Gasteiger partial charge in [0.25, 0.3) is 0 Å². The number of likely N-dealkylation sites (tertiary alicyclic amines) is 1. The van der Waals surface area contributed by atoms with Gasteiger partial charge in [-0.3, -0.25) is 14.4 Å². The van der Waals surface area contributed by atoms with Gasteiger partial charge in [0.15, 0.2) is 0 Å². The molecule has 0 bridgehead atoms. The molecule has 7 N–H and O–H groups in total. The number of hydrogen-bond donors (Lipinski definition) is 6. The van der Waals surface area contributed by atoms with Gasteiger partial charge in [0.2, 0.25) is 17.7 Å². The first kappa shape index (κ1) is 27.8. The first-order chi connectivity index (χ1) is 18.7. The summed E-state index contributed by atoms with van der Waals surface area (Å²) in [7, 11) is 0. The third-order valence-electron chi connectivity index (χ3n) is 7.11. The number of fused-ring (bicyclic) bond motifs is 1. The molecule has 3 heterocycles. The lowest BCUT2D eigenvalue weighted by Crippen LogP contribution is -2.58. The number of carbonyl (C=O) groups excluding carboxylic acids is 3. The lowest BCUT2D eigenvalue weighted by Gasteiger charge is -2.29. The molecule has 0 saturated carbocycles. The second kappa shape index (κ2) is 12.1. The molecule has 12 heteroatoms. The molecule has 1 saturated heterocycles. The van der Waals surface area contributed by atoms with E-state index in [-0.39, 0.29) is 18.2 Å². The fourth-order valence-electron chi connectivity index (χ4n) is 5.00. The number of hydrogen-bond acceptors (Lipinski definition) is 6. The van der Waals surface area contributed by atoms with E-state index in [0.29, 0.717) is 31.5 Å². The molecule has 12 nitrogen and oxygen atoms in total. The number of nitrogens with one attached hydrogen (secondary N) is 4. The number of amides is 3. The minimum absolute atomic E-state index is 0.0130. The maximum Gasteiger partial charge on any atom is 0.326 e. The molecule has 3 amide bonds. The Morgan fingerprint density at radius 2 is 1.92 bits per heavy atom. The average Bonchev–Trinajstić information content (AvgIpc) is 3.67. The van der Waals surface area contributed by atoms with Crippen LogP contribution in [0.25, 0.3) is 10.9 Å². The molecule has 2 aromatic heterocycles. The highest BCUT2D eigenvalue weighted by Crippen LogP contribution is 2.22. The van der Waals surface area contributed by atoms with Gasteiger partial charge >= 0.3 is 5.97 Å². The molecular weight excluding hydrogens is 502 g/mol. The number of nitrogens with two attached hydrogens (primary N) is 1. The van der Waals surface area contributed by atoms with Crippen LogP contribution in [0.15, 0.2) is 43.0 Å². The van der Waals surface area contributed by atoms with Gasteiger partial charge in [0, 0.05) is 42.0 Å². The van der Waals surface area contributed by atoms with Gasteiger partial charge in [0.05, 0.1) is 12.4 Å². The standard InChI is InChI=1S/C27H35N7O5/c1-15(2)23(25(36)32-21(27(38)39)11-17-13-29-14-31-17)33-24(35)22-8-5-9-34(22)26(37)19(28)10-16-12-30-20-7-4-3-6-18(16)20/h3-4,6-7,12-15,19,21-23,30H,5,8-11,28H2,1-2H3,(H,29,31)(H,32,36)(H,33,35)(H,38,39). The topological polar surface area (TPSA) is 186 Å². The summed E-state index contributed by atoms with van der Waals surface area (Å²) in [6, 6.07) is 3.97. The number of benzene rings is 1. The molecule has 4 atom stereocenters. The van der Waals surface area contributed by atoms with Crippen LogP contribution in [0, 0.1) is 5.92 Å². The van der Waals surface area contributed by atoms with Crippen LogP contribution in [-0.4, -0.2) is 79.4 Å². The predicted octanol–water partition coefficient (Wildman–Crippen LogP) is 0.705. The fourth-order valence-corrected chi connectivity index (χ4v) is 5.00. The first-order valence-electron chi connectivity index (χ1n) is 13.1. The Hall–Kier alpha value is -4.19. The van der Waals surface area contributed by atoms with Gasteiger partial charge in [-0.1, -0.05) is 32.0 Å². The van der Waals surface area contributed by atoms with Crippen molar-refractivity contribution in [3.8, 4) is 0 Å². The van der Waals surface area contributed by atoms with E-state index in [4.69, 9.17) is 5.73 Å². The maximum absolute atomic E-state index is 13.3. The molecule has 1 aliphatic heterocycles. The second-order valence-corrected chi connectivity index (χ2v) is 10.3. The highest BCUT2D eigenvalue weighted by molar-refractivity contribution is 5.95. The molecule has 4 rings (SSSR count). The Balaban J connectivity index is 1.40. The monoisotopic (exact) mass is 537 g/mol. The van der Waals surface area contributed by atoms with Crippen LogP contribution in [0.1, 0.15) is 37.9 Å². The van der Waals surface area contributed by atoms with Gasteiger partial charge in [-0.25, -0.2) is 9.78 Å². The van der Waals surface area contributed by atoms with E-state index in [9.17, 15) is 24.3 Å². The third kappa shape index (κ3) is 6.45. The van der Waals surface area contributed by atoms with Crippen molar-refractivity contribution in [2.24, 2.45) is 11.7 Å². The molecule has 208 valence electrons. The van der Waals surface area contributed by atoms with Crippen LogP contribution in [0.4, 0.5) is 0 Å². The van der Waals surface area contributed by atoms with E-state index in [0.717, 1.165) is 16.5 Å². The Labute approximate surface area is 225 Å². The number of nitrogens with zero attached hydrogens (tertiary/aromatic N) is 2. The minimum Gasteiger partial charge on any atom is -0.480 e. The molecule has 0 spiro atoms. The van der Waals surface area contributed by atoms with Crippen LogP contribution < -0.4 is 16.4 Å². The summed E-state index contributed by atoms with van der Waals surface area (Å²) >= 11 is 0. The fraction of sp³-hybridized carbons (Fsp3) is 0.444. The van der Waals surface area contributed by atoms with E-state index >= 15 is 0 Å². The number of carbonyl (C=O) groups is 4. The predicted molar refractivity (Wildman–Crippen MR) is 143 cm³/mol. The molecule has 0 aliphatic carbocycles. The smallest absolute Gasteiger partial charge is 0.326 e. The molecule has 3 aromatic rings. The van der Waals surface area contributed by atoms with E-state index in [1.165, 1.54) is 17.4 Å². The molecule has 1 fully saturated rings. The number of H-pyrrole nitrogens is 2. The van der Waals surface area contributed by atoms with Crippen molar-refractivity contribution in [3.63, 3.8) is 0 Å². The number of aliphatic carboxylic acids is 1. The zero-order valence-corrected chi connectivity index (χ0v) is 22.0. The van der Waals surface area contributed by atoms with Gasteiger partial charge in [-0.15, -0.1) is 0 Å². The quantitative estimate of drug-likeness (QED) is 0.208. The summed E-state index contributed by atoms with van der Waals surface area (Å²) in [6.07, 6.45) is 6.16. The number of carboxylic acids is 1. The largest absolute Gasteiger partial charge is 0.480 e. The Bertz CT molecular complexity index is 1320. The molecule has 0 radical (unpaired) electrons. The lowest BCUT2D eigenvalue weighted by atomic mass is 10.0. The number of carboxylic acid groups (broad SMARTS) is 1. The van der Waals surface area contributed by atoms with E-state index in [1.807, 2.05) is 30.5 Å². The van der Waals surface area contributed by atoms with Crippen LogP contribution in [-0.2, 0) is 32.0 Å². The van der Waals surface area contributed by atoms with E-state index in [1.54, 1.807) is 13.8 Å². The summed E-state index contributed by atoms with van der Waals surface area (Å²) in [6.45, 7) is 3.90. The second-order valence-electron chi connectivity index (χ2n) is 10.3. The maximum atomic E-state index is 13.3. The zero-order valence-electron chi connectivity index (χ0n) is 22.0. The Morgan fingerprint density at radius 3 is 2.62 bits per heavy atom. The third-order valence-corrected chi connectivity index (χ3v) is 7.11. The van der Waals surface area contributed by atoms with Crippen molar-refractivity contribution in [3.05, 3.63) is 54.2 Å². The number of aromatic nitrogens is 3. The van der Waals surface area contributed by atoms with Crippen molar-refractivity contribution in [2.45, 2.75) is 63.7 Å². The van der Waals surface area contributed by atoms with Crippen LogP contribution in [0.2, 0.25) is 0 Å². The zero-order chi connectivity index (χ0) is 28.1.